The van der Waals surface area contributed by atoms with Gasteiger partial charge in [0.25, 0.3) is 0 Å². The van der Waals surface area contributed by atoms with Crippen molar-refractivity contribution in [3.8, 4) is 5.69 Å². The molecule has 0 bridgehead atoms. The second-order valence-electron chi connectivity index (χ2n) is 8.15. The molecule has 1 fully saturated rings. The van der Waals surface area contributed by atoms with Gasteiger partial charge in [0.1, 0.15) is 0 Å². The lowest BCUT2D eigenvalue weighted by molar-refractivity contribution is -0.140. The van der Waals surface area contributed by atoms with Crippen LogP contribution in [0.15, 0.2) is 54.7 Å². The Balaban J connectivity index is 1.80. The van der Waals surface area contributed by atoms with Gasteiger partial charge in [0.05, 0.1) is 31.3 Å². The first-order valence-corrected chi connectivity index (χ1v) is 11.1. The van der Waals surface area contributed by atoms with E-state index in [1.807, 2.05) is 18.2 Å². The number of rotatable bonds is 6. The predicted molar refractivity (Wildman–Crippen MR) is 129 cm³/mol. The number of carbonyl (C=O) groups excluding carboxylic acids is 1. The lowest BCUT2D eigenvalue weighted by Crippen LogP contribution is -2.32. The van der Waals surface area contributed by atoms with Crippen molar-refractivity contribution >= 4 is 23.3 Å². The second kappa shape index (κ2) is 9.12. The average Bonchev–Trinajstić information content (AvgIpc) is 3.27. The van der Waals surface area contributed by atoms with E-state index in [0.717, 1.165) is 28.3 Å². The van der Waals surface area contributed by atoms with E-state index < -0.39 is 0 Å². The normalized spacial score (nSPS) is 18.0. The number of nitrogens with zero attached hydrogens (tertiary/aromatic N) is 3. The van der Waals surface area contributed by atoms with Crippen molar-refractivity contribution in [2.24, 2.45) is 0 Å². The maximum atomic E-state index is 11.9. The first-order valence-electron chi connectivity index (χ1n) is 10.7. The minimum Gasteiger partial charge on any atom is -0.469 e. The van der Waals surface area contributed by atoms with Crippen LogP contribution in [0.4, 0.5) is 0 Å². The molecule has 0 aliphatic carbocycles. The number of thiocarbonyl (C=S) groups is 1. The molecule has 32 heavy (non-hydrogen) atoms. The van der Waals surface area contributed by atoms with Crippen LogP contribution in [-0.2, 0) is 9.53 Å². The highest BCUT2D eigenvalue weighted by Crippen LogP contribution is 2.41. The third kappa shape index (κ3) is 4.12. The van der Waals surface area contributed by atoms with Gasteiger partial charge in [0.15, 0.2) is 5.11 Å². The minimum absolute atomic E-state index is 0.0909. The molecule has 1 aromatic carbocycles. The molecule has 1 aliphatic rings. The van der Waals surface area contributed by atoms with Crippen molar-refractivity contribution < 1.29 is 9.53 Å². The van der Waals surface area contributed by atoms with Crippen LogP contribution in [0.3, 0.4) is 0 Å². The number of pyridine rings is 1. The molecule has 3 aromatic rings. The van der Waals surface area contributed by atoms with Gasteiger partial charge in [0.2, 0.25) is 0 Å². The Morgan fingerprint density at radius 2 is 1.97 bits per heavy atom. The molecule has 4 rings (SSSR count). The van der Waals surface area contributed by atoms with E-state index in [2.05, 4.69) is 70.9 Å². The predicted octanol–water partition coefficient (Wildman–Crippen LogP) is 4.33. The number of hydrogen-bond acceptors (Lipinski definition) is 4. The summed E-state index contributed by atoms with van der Waals surface area (Å²) in [5, 5.41) is 4.07. The Labute approximate surface area is 194 Å². The smallest absolute Gasteiger partial charge is 0.307 e. The fraction of sp³-hybridized carbons (Fsp3) is 0.320. The number of aryl methyl sites for hydroxylation is 2. The van der Waals surface area contributed by atoms with Crippen LogP contribution in [0.25, 0.3) is 5.69 Å². The summed E-state index contributed by atoms with van der Waals surface area (Å²) in [5.41, 5.74) is 6.72. The van der Waals surface area contributed by atoms with Crippen molar-refractivity contribution in [3.63, 3.8) is 0 Å². The average molecular weight is 449 g/mol. The van der Waals surface area contributed by atoms with Gasteiger partial charge < -0.3 is 19.5 Å². The van der Waals surface area contributed by atoms with Gasteiger partial charge in [-0.15, -0.1) is 0 Å². The van der Waals surface area contributed by atoms with Crippen molar-refractivity contribution in [3.05, 3.63) is 82.9 Å². The Morgan fingerprint density at radius 1 is 1.16 bits per heavy atom. The highest BCUT2D eigenvalue weighted by Gasteiger charge is 2.41. The molecule has 6 nitrogen and oxygen atoms in total. The molecule has 0 amide bonds. The zero-order chi connectivity index (χ0) is 22.8. The van der Waals surface area contributed by atoms with E-state index in [1.165, 1.54) is 12.7 Å². The van der Waals surface area contributed by atoms with Crippen LogP contribution in [-0.4, -0.2) is 39.2 Å². The van der Waals surface area contributed by atoms with Crippen LogP contribution in [0, 0.1) is 20.8 Å². The van der Waals surface area contributed by atoms with Gasteiger partial charge in [-0.2, -0.15) is 0 Å². The van der Waals surface area contributed by atoms with E-state index in [-0.39, 0.29) is 24.5 Å². The number of hydrogen-bond donors (Lipinski definition) is 1. The largest absolute Gasteiger partial charge is 0.469 e. The van der Waals surface area contributed by atoms with E-state index in [4.69, 9.17) is 17.0 Å². The summed E-state index contributed by atoms with van der Waals surface area (Å²) in [6.45, 7) is 6.83. The summed E-state index contributed by atoms with van der Waals surface area (Å²) in [6.07, 6.45) is 2.06. The van der Waals surface area contributed by atoms with Crippen LogP contribution in [0.1, 0.15) is 46.7 Å². The maximum Gasteiger partial charge on any atom is 0.307 e. The summed E-state index contributed by atoms with van der Waals surface area (Å²) in [7, 11) is 1.41. The number of nitrogens with one attached hydrogen (secondary N) is 1. The molecule has 7 heteroatoms. The van der Waals surface area contributed by atoms with Gasteiger partial charge in [0, 0.05) is 29.8 Å². The van der Waals surface area contributed by atoms with Gasteiger partial charge >= 0.3 is 5.97 Å². The lowest BCUT2D eigenvalue weighted by Gasteiger charge is -2.28. The van der Waals surface area contributed by atoms with E-state index in [0.29, 0.717) is 11.7 Å². The summed E-state index contributed by atoms with van der Waals surface area (Å²) in [6, 6.07) is 16.4. The number of aromatic nitrogens is 2. The van der Waals surface area contributed by atoms with Crippen LogP contribution in [0.5, 0.6) is 0 Å². The number of benzene rings is 1. The van der Waals surface area contributed by atoms with Crippen LogP contribution < -0.4 is 5.32 Å². The van der Waals surface area contributed by atoms with Crippen molar-refractivity contribution in [1.29, 1.82) is 0 Å². The van der Waals surface area contributed by atoms with E-state index in [9.17, 15) is 4.79 Å². The van der Waals surface area contributed by atoms with E-state index >= 15 is 0 Å². The Kier molecular flexibility index (Phi) is 6.28. The van der Waals surface area contributed by atoms with Crippen molar-refractivity contribution in [2.45, 2.75) is 39.3 Å². The number of carbonyl (C=O) groups is 1. The standard InChI is InChI=1S/C25H28N4O2S/c1-16-8-7-9-19(14-16)29-17(2)15-20(18(29)3)24-23(21-10-5-6-12-26-21)27-25(32)28(24)13-11-22(30)31-4/h5-10,12,14-15,23-24H,11,13H2,1-4H3,(H,27,32)/t23-,24+/m0/s1. The highest BCUT2D eigenvalue weighted by molar-refractivity contribution is 7.80. The fourth-order valence-corrected chi connectivity index (χ4v) is 4.88. The molecule has 166 valence electrons. The monoisotopic (exact) mass is 448 g/mol. The van der Waals surface area contributed by atoms with Crippen LogP contribution >= 0.6 is 12.2 Å². The van der Waals surface area contributed by atoms with Gasteiger partial charge in [-0.3, -0.25) is 9.78 Å². The Morgan fingerprint density at radius 3 is 2.66 bits per heavy atom. The Hall–Kier alpha value is -3.19. The van der Waals surface area contributed by atoms with Crippen molar-refractivity contribution in [1.82, 2.24) is 19.8 Å². The molecule has 1 aliphatic heterocycles. The molecular formula is C25H28N4O2S. The highest BCUT2D eigenvalue weighted by atomic mass is 32.1. The van der Waals surface area contributed by atoms with Crippen LogP contribution in [0.2, 0.25) is 0 Å². The molecule has 2 aromatic heterocycles. The summed E-state index contributed by atoms with van der Waals surface area (Å²) >= 11 is 5.70. The quantitative estimate of drug-likeness (QED) is 0.447. The molecule has 0 saturated carbocycles. The third-order valence-corrected chi connectivity index (χ3v) is 6.38. The number of methoxy groups -OCH3 is 1. The second-order valence-corrected chi connectivity index (χ2v) is 8.53. The molecule has 0 spiro atoms. The van der Waals surface area contributed by atoms with E-state index in [1.54, 1.807) is 6.20 Å². The zero-order valence-corrected chi connectivity index (χ0v) is 19.6. The zero-order valence-electron chi connectivity index (χ0n) is 18.8. The first-order chi connectivity index (χ1) is 15.4. The summed E-state index contributed by atoms with van der Waals surface area (Å²) in [5.74, 6) is -0.252. The molecule has 0 radical (unpaired) electrons. The lowest BCUT2D eigenvalue weighted by atomic mass is 9.96. The molecule has 1 N–H and O–H groups in total. The minimum atomic E-state index is -0.252. The molecule has 1 saturated heterocycles. The van der Waals surface area contributed by atoms with Gasteiger partial charge in [-0.05, 0) is 74.4 Å². The third-order valence-electron chi connectivity index (χ3n) is 6.03. The topological polar surface area (TPSA) is 59.4 Å². The number of esters is 1. The fourth-order valence-electron chi connectivity index (χ4n) is 4.55. The molecule has 2 atom stereocenters. The maximum absolute atomic E-state index is 11.9. The Bertz CT molecular complexity index is 1140. The summed E-state index contributed by atoms with van der Waals surface area (Å²) < 4.78 is 7.14. The molecule has 3 heterocycles. The summed E-state index contributed by atoms with van der Waals surface area (Å²) in [4.78, 5) is 18.6. The molecular weight excluding hydrogens is 420 g/mol. The SMILES string of the molecule is COC(=O)CCN1C(=S)N[C@@H](c2ccccn2)[C@H]1c1cc(C)n(-c2cccc(C)c2)c1C. The number of ether oxygens (including phenoxy) is 1. The first kappa shape index (κ1) is 22.0. The molecule has 0 unspecified atom stereocenters. The van der Waals surface area contributed by atoms with Gasteiger partial charge in [-0.25, -0.2) is 0 Å². The van der Waals surface area contributed by atoms with Crippen molar-refractivity contribution in [2.75, 3.05) is 13.7 Å². The van der Waals surface area contributed by atoms with Gasteiger partial charge in [-0.1, -0.05) is 18.2 Å².